The van der Waals surface area contributed by atoms with Gasteiger partial charge < -0.3 is 10.2 Å². The van der Waals surface area contributed by atoms with Crippen LogP contribution in [0.4, 0.5) is 4.39 Å². The van der Waals surface area contributed by atoms with Gasteiger partial charge in [0.1, 0.15) is 11.6 Å². The van der Waals surface area contributed by atoms with Crippen molar-refractivity contribution in [3.05, 3.63) is 58.7 Å². The summed E-state index contributed by atoms with van der Waals surface area (Å²) < 4.78 is 16.5. The highest BCUT2D eigenvalue weighted by atomic mass is 19.1. The van der Waals surface area contributed by atoms with Gasteiger partial charge in [-0.15, -0.1) is 10.2 Å². The van der Waals surface area contributed by atoms with E-state index < -0.39 is 5.82 Å². The van der Waals surface area contributed by atoms with Crippen molar-refractivity contribution in [2.45, 2.75) is 45.4 Å². The average molecular weight is 455 g/mol. The van der Waals surface area contributed by atoms with Crippen LogP contribution in [0.1, 0.15) is 44.9 Å². The molecule has 1 aliphatic heterocycles. The van der Waals surface area contributed by atoms with E-state index in [-0.39, 0.29) is 17.1 Å². The number of piperidine rings is 1. The summed E-state index contributed by atoms with van der Waals surface area (Å²) >= 11 is 0. The highest BCUT2D eigenvalue weighted by Crippen LogP contribution is 2.15. The molecule has 1 amide bonds. The number of nitrogens with zero attached hydrogens (tertiary/aromatic N) is 5. The third-order valence-corrected chi connectivity index (χ3v) is 6.28. The summed E-state index contributed by atoms with van der Waals surface area (Å²) in [4.78, 5) is 27.4. The fraction of sp³-hybridized carbons (Fsp3) is 0.500. The number of amides is 1. The number of benzene rings is 1. The van der Waals surface area contributed by atoms with Crippen LogP contribution in [0, 0.1) is 11.7 Å². The largest absolute Gasteiger partial charge is 0.356 e. The molecule has 0 unspecified atom stereocenters. The Morgan fingerprint density at radius 1 is 1.18 bits per heavy atom. The normalized spacial score (nSPS) is 15.2. The van der Waals surface area contributed by atoms with Gasteiger partial charge in [0, 0.05) is 31.8 Å². The van der Waals surface area contributed by atoms with Gasteiger partial charge in [0.25, 0.3) is 0 Å². The van der Waals surface area contributed by atoms with Crippen LogP contribution in [0.15, 0.2) is 41.5 Å². The first-order valence-corrected chi connectivity index (χ1v) is 11.7. The maximum Gasteiger partial charge on any atom is 0.300 e. The second-order valence-corrected chi connectivity index (χ2v) is 8.84. The number of carbonyl (C=O) groups is 1. The van der Waals surface area contributed by atoms with E-state index in [0.29, 0.717) is 37.3 Å². The van der Waals surface area contributed by atoms with E-state index in [2.05, 4.69) is 27.3 Å². The zero-order valence-electron chi connectivity index (χ0n) is 19.0. The molecule has 9 heteroatoms. The molecule has 1 aliphatic rings. The maximum atomic E-state index is 13.5. The van der Waals surface area contributed by atoms with Gasteiger partial charge in [0.2, 0.25) is 11.6 Å². The van der Waals surface area contributed by atoms with Crippen molar-refractivity contribution in [2.24, 2.45) is 5.92 Å². The van der Waals surface area contributed by atoms with Crippen LogP contribution in [0.25, 0.3) is 11.3 Å². The number of aryl methyl sites for hydroxylation is 1. The molecule has 3 heterocycles. The molecule has 3 aromatic rings. The first kappa shape index (κ1) is 23.1. The topological polar surface area (TPSA) is 84.5 Å². The molecule has 1 fully saturated rings. The van der Waals surface area contributed by atoms with Crippen LogP contribution in [0.3, 0.4) is 0 Å². The van der Waals surface area contributed by atoms with Crippen molar-refractivity contribution in [1.29, 1.82) is 0 Å². The van der Waals surface area contributed by atoms with Crippen molar-refractivity contribution < 1.29 is 9.18 Å². The van der Waals surface area contributed by atoms with E-state index in [1.807, 2.05) is 0 Å². The Morgan fingerprint density at radius 2 is 2.00 bits per heavy atom. The molecule has 1 saturated heterocycles. The molecular weight excluding hydrogens is 423 g/mol. The third kappa shape index (κ3) is 5.84. The van der Waals surface area contributed by atoms with E-state index in [0.717, 1.165) is 32.0 Å². The summed E-state index contributed by atoms with van der Waals surface area (Å²) in [6.45, 7) is 6.36. The van der Waals surface area contributed by atoms with Gasteiger partial charge in [0.15, 0.2) is 0 Å². The van der Waals surface area contributed by atoms with E-state index in [1.165, 1.54) is 29.5 Å². The molecule has 0 bridgehead atoms. The highest BCUT2D eigenvalue weighted by molar-refractivity contribution is 5.75. The number of fused-ring (bicyclic) bond motifs is 1. The molecule has 0 spiro atoms. The molecule has 176 valence electrons. The average Bonchev–Trinajstić information content (AvgIpc) is 3.22. The summed E-state index contributed by atoms with van der Waals surface area (Å²) in [6, 6.07) is 5.83. The Bertz CT molecular complexity index is 1150. The van der Waals surface area contributed by atoms with E-state index in [4.69, 9.17) is 0 Å². The summed E-state index contributed by atoms with van der Waals surface area (Å²) in [5.41, 5.74) is 0.231. The van der Waals surface area contributed by atoms with Crippen LogP contribution >= 0.6 is 0 Å². The molecule has 0 atom stereocenters. The van der Waals surface area contributed by atoms with Gasteiger partial charge in [0.05, 0.1) is 5.69 Å². The Hall–Kier alpha value is -3.07. The Kier molecular flexibility index (Phi) is 7.49. The summed E-state index contributed by atoms with van der Waals surface area (Å²) in [5, 5.41) is 11.1. The number of likely N-dealkylation sites (tertiary alicyclic amines) is 1. The molecule has 2 aromatic heterocycles. The molecular formula is C24H31FN6O2. The highest BCUT2D eigenvalue weighted by Gasteiger charge is 2.15. The summed E-state index contributed by atoms with van der Waals surface area (Å²) in [5.74, 6) is 1.07. The fourth-order valence-corrected chi connectivity index (χ4v) is 4.25. The number of nitrogens with one attached hydrogen (secondary N) is 1. The standard InChI is InChI=1S/C24H31FN6O2/c1-18-9-13-29(14-10-18)12-4-11-26-22(32)8-3-7-21-27-28-23-24(33)30(15-16-31(21)23)20-6-2-5-19(25)17-20/h2,5-6,15-18H,3-4,7-14H2,1H3,(H,26,32). The number of hydrogen-bond acceptors (Lipinski definition) is 5. The monoisotopic (exact) mass is 454 g/mol. The Balaban J connectivity index is 1.24. The predicted octanol–water partition coefficient (Wildman–Crippen LogP) is 2.58. The fourth-order valence-electron chi connectivity index (χ4n) is 4.25. The van der Waals surface area contributed by atoms with Gasteiger partial charge in [-0.2, -0.15) is 0 Å². The van der Waals surface area contributed by atoms with Gasteiger partial charge in [-0.3, -0.25) is 18.6 Å². The molecule has 0 aliphatic carbocycles. The van der Waals surface area contributed by atoms with Crippen LogP contribution in [-0.2, 0) is 11.2 Å². The van der Waals surface area contributed by atoms with Crippen molar-refractivity contribution in [3.63, 3.8) is 0 Å². The number of hydrogen-bond donors (Lipinski definition) is 1. The van der Waals surface area contributed by atoms with Gasteiger partial charge in [-0.1, -0.05) is 13.0 Å². The molecule has 1 N–H and O–H groups in total. The lowest BCUT2D eigenvalue weighted by Crippen LogP contribution is -2.35. The smallest absolute Gasteiger partial charge is 0.300 e. The van der Waals surface area contributed by atoms with Gasteiger partial charge in [-0.25, -0.2) is 4.39 Å². The molecule has 1 aromatic carbocycles. The second-order valence-electron chi connectivity index (χ2n) is 8.84. The van der Waals surface area contributed by atoms with Crippen molar-refractivity contribution in [3.8, 4) is 5.69 Å². The van der Waals surface area contributed by atoms with E-state index in [9.17, 15) is 14.0 Å². The minimum absolute atomic E-state index is 0.0320. The minimum Gasteiger partial charge on any atom is -0.356 e. The van der Waals surface area contributed by atoms with Crippen LogP contribution < -0.4 is 10.9 Å². The summed E-state index contributed by atoms with van der Waals surface area (Å²) in [6.07, 6.45) is 8.31. The first-order valence-electron chi connectivity index (χ1n) is 11.7. The SMILES string of the molecule is CC1CCN(CCCNC(=O)CCCc2nnc3c(=O)n(-c4cccc(F)c4)ccn23)CC1. The number of rotatable bonds is 9. The van der Waals surface area contributed by atoms with Crippen LogP contribution in [0.2, 0.25) is 0 Å². The minimum atomic E-state index is -0.416. The van der Waals surface area contributed by atoms with E-state index in [1.54, 1.807) is 28.9 Å². The number of carbonyl (C=O) groups excluding carboxylic acids is 1. The Morgan fingerprint density at radius 3 is 2.79 bits per heavy atom. The van der Waals surface area contributed by atoms with E-state index >= 15 is 0 Å². The lowest BCUT2D eigenvalue weighted by molar-refractivity contribution is -0.121. The third-order valence-electron chi connectivity index (χ3n) is 6.28. The van der Waals surface area contributed by atoms with Gasteiger partial charge >= 0.3 is 5.56 Å². The lowest BCUT2D eigenvalue weighted by Gasteiger charge is -2.30. The first-order chi connectivity index (χ1) is 16.0. The second kappa shape index (κ2) is 10.7. The predicted molar refractivity (Wildman–Crippen MR) is 124 cm³/mol. The number of aromatic nitrogens is 4. The quantitative estimate of drug-likeness (QED) is 0.503. The molecule has 0 saturated carbocycles. The zero-order chi connectivity index (χ0) is 23.2. The van der Waals surface area contributed by atoms with Gasteiger partial charge in [-0.05, 0) is 69.4 Å². The maximum absolute atomic E-state index is 13.5. The van der Waals surface area contributed by atoms with Crippen molar-refractivity contribution in [1.82, 2.24) is 29.4 Å². The summed E-state index contributed by atoms with van der Waals surface area (Å²) in [7, 11) is 0. The molecule has 33 heavy (non-hydrogen) atoms. The van der Waals surface area contributed by atoms with Crippen molar-refractivity contribution >= 4 is 11.6 Å². The van der Waals surface area contributed by atoms with Crippen LogP contribution in [0.5, 0.6) is 0 Å². The number of halogens is 1. The van der Waals surface area contributed by atoms with Crippen LogP contribution in [-0.4, -0.2) is 56.2 Å². The Labute approximate surface area is 192 Å². The molecule has 4 rings (SSSR count). The van der Waals surface area contributed by atoms with Crippen molar-refractivity contribution in [2.75, 3.05) is 26.2 Å². The lowest BCUT2D eigenvalue weighted by atomic mass is 9.99. The molecule has 0 radical (unpaired) electrons. The molecule has 8 nitrogen and oxygen atoms in total. The zero-order valence-corrected chi connectivity index (χ0v) is 19.0.